The summed E-state index contributed by atoms with van der Waals surface area (Å²) in [6.45, 7) is 8.18. The van der Waals surface area contributed by atoms with Crippen molar-refractivity contribution in [2.24, 2.45) is 0 Å². The number of carbonyl (C=O) groups excluding carboxylic acids is 1. The molecule has 8 nitrogen and oxygen atoms in total. The van der Waals surface area contributed by atoms with Crippen LogP contribution in [0.5, 0.6) is 0 Å². The first kappa shape index (κ1) is 20.7. The predicted octanol–water partition coefficient (Wildman–Crippen LogP) is 3.24. The Morgan fingerprint density at radius 1 is 1.14 bits per heavy atom. The number of amides is 1. The third-order valence-electron chi connectivity index (χ3n) is 4.57. The van der Waals surface area contributed by atoms with Crippen molar-refractivity contribution in [1.29, 1.82) is 5.41 Å². The van der Waals surface area contributed by atoms with Gasteiger partial charge in [0.25, 0.3) is 0 Å². The Morgan fingerprint density at radius 2 is 1.86 bits per heavy atom. The summed E-state index contributed by atoms with van der Waals surface area (Å²) >= 11 is 0. The Bertz CT molecular complexity index is 903. The highest BCUT2D eigenvalue weighted by Gasteiger charge is 2.29. The zero-order chi connectivity index (χ0) is 20.9. The molecule has 1 aliphatic heterocycles. The van der Waals surface area contributed by atoms with Gasteiger partial charge in [-0.15, -0.1) is 5.10 Å². The molecule has 1 aromatic heterocycles. The number of carbonyl (C=O) groups is 1. The molecule has 8 heteroatoms. The highest BCUT2D eigenvalue weighted by Crippen LogP contribution is 2.22. The molecular weight excluding hydrogens is 368 g/mol. The van der Waals surface area contributed by atoms with Crippen molar-refractivity contribution in [1.82, 2.24) is 24.8 Å². The fourth-order valence-electron chi connectivity index (χ4n) is 3.22. The smallest absolute Gasteiger partial charge is 0.410 e. The summed E-state index contributed by atoms with van der Waals surface area (Å²) in [7, 11) is 0. The Labute approximate surface area is 170 Å². The Hall–Kier alpha value is -3.00. The summed E-state index contributed by atoms with van der Waals surface area (Å²) in [5.41, 5.74) is 1.29. The first-order valence-electron chi connectivity index (χ1n) is 9.75. The monoisotopic (exact) mass is 396 g/mol. The van der Waals surface area contributed by atoms with Crippen LogP contribution in [-0.4, -0.2) is 68.9 Å². The summed E-state index contributed by atoms with van der Waals surface area (Å²) in [4.78, 5) is 16.4. The van der Waals surface area contributed by atoms with Gasteiger partial charge in [-0.2, -0.15) is 0 Å². The van der Waals surface area contributed by atoms with E-state index in [4.69, 9.17) is 10.1 Å². The van der Waals surface area contributed by atoms with E-state index in [0.29, 0.717) is 26.2 Å². The van der Waals surface area contributed by atoms with Gasteiger partial charge in [0.15, 0.2) is 0 Å². The molecule has 0 bridgehead atoms. The van der Waals surface area contributed by atoms with Crippen LogP contribution in [0.15, 0.2) is 48.6 Å². The Kier molecular flexibility index (Phi) is 6.43. The highest BCUT2D eigenvalue weighted by molar-refractivity contribution is 5.74. The van der Waals surface area contributed by atoms with Crippen molar-refractivity contribution in [3.8, 4) is 0 Å². The normalized spacial score (nSPS) is 17.3. The zero-order valence-corrected chi connectivity index (χ0v) is 17.2. The van der Waals surface area contributed by atoms with E-state index in [1.54, 1.807) is 11.0 Å². The number of nitrogens with zero attached hydrogens (tertiary/aromatic N) is 5. The van der Waals surface area contributed by atoms with E-state index < -0.39 is 5.60 Å². The lowest BCUT2D eigenvalue weighted by Gasteiger charge is -2.38. The molecule has 2 heterocycles. The van der Waals surface area contributed by atoms with Crippen LogP contribution in [-0.2, 0) is 4.74 Å². The number of rotatable bonds is 5. The van der Waals surface area contributed by atoms with Gasteiger partial charge in [-0.25, -0.2) is 9.48 Å². The molecule has 1 amide bonds. The van der Waals surface area contributed by atoms with Crippen LogP contribution in [0.2, 0.25) is 0 Å². The Balaban J connectivity index is 1.77. The van der Waals surface area contributed by atoms with E-state index in [1.165, 1.54) is 6.21 Å². The molecule has 1 atom stereocenters. The number of para-hydroxylation sites is 1. The number of hydrogen-bond acceptors (Lipinski definition) is 6. The number of benzene rings is 1. The van der Waals surface area contributed by atoms with Gasteiger partial charge in [0, 0.05) is 32.4 Å². The Morgan fingerprint density at radius 3 is 2.55 bits per heavy atom. The van der Waals surface area contributed by atoms with Crippen molar-refractivity contribution in [2.45, 2.75) is 32.5 Å². The van der Waals surface area contributed by atoms with Crippen molar-refractivity contribution < 1.29 is 9.53 Å². The topological polar surface area (TPSA) is 87.3 Å². The maximum Gasteiger partial charge on any atom is 0.410 e. The summed E-state index contributed by atoms with van der Waals surface area (Å²) < 4.78 is 7.39. The van der Waals surface area contributed by atoms with Crippen molar-refractivity contribution in [3.05, 3.63) is 48.6 Å². The van der Waals surface area contributed by atoms with Crippen LogP contribution in [0.25, 0.3) is 11.0 Å². The number of hydrogen-bond donors (Lipinski definition) is 1. The summed E-state index contributed by atoms with van der Waals surface area (Å²) in [5, 5.41) is 15.8. The SMILES string of the molecule is CC(C)(C)OC(=O)N1CCN(C(C=CC=CC=N)n2nnc3ccccc32)CC1. The zero-order valence-electron chi connectivity index (χ0n) is 17.2. The molecule has 2 aromatic rings. The molecule has 3 rings (SSSR count). The number of aromatic nitrogens is 3. The lowest BCUT2D eigenvalue weighted by Crippen LogP contribution is -2.51. The van der Waals surface area contributed by atoms with Gasteiger partial charge in [0.05, 0.1) is 5.52 Å². The average Bonchev–Trinajstić information content (AvgIpc) is 3.11. The van der Waals surface area contributed by atoms with Gasteiger partial charge < -0.3 is 15.0 Å². The first-order chi connectivity index (χ1) is 13.9. The van der Waals surface area contributed by atoms with Gasteiger partial charge in [0.2, 0.25) is 0 Å². The molecule has 29 heavy (non-hydrogen) atoms. The van der Waals surface area contributed by atoms with E-state index in [2.05, 4.69) is 15.2 Å². The van der Waals surface area contributed by atoms with Crippen molar-refractivity contribution in [3.63, 3.8) is 0 Å². The summed E-state index contributed by atoms with van der Waals surface area (Å²) in [6, 6.07) is 7.85. The largest absolute Gasteiger partial charge is 0.444 e. The second kappa shape index (κ2) is 9.00. The van der Waals surface area contributed by atoms with E-state index in [1.807, 2.05) is 67.9 Å². The number of ether oxygens (including phenoxy) is 1. The quantitative estimate of drug-likeness (QED) is 0.619. The van der Waals surface area contributed by atoms with Gasteiger partial charge in [-0.05, 0) is 45.1 Å². The van der Waals surface area contributed by atoms with E-state index in [-0.39, 0.29) is 12.3 Å². The third kappa shape index (κ3) is 5.29. The van der Waals surface area contributed by atoms with Gasteiger partial charge >= 0.3 is 6.09 Å². The first-order valence-corrected chi connectivity index (χ1v) is 9.75. The fourth-order valence-corrected chi connectivity index (χ4v) is 3.22. The second-order valence-electron chi connectivity index (χ2n) is 7.88. The van der Waals surface area contributed by atoms with Gasteiger partial charge in [-0.3, -0.25) is 4.90 Å². The van der Waals surface area contributed by atoms with Crippen LogP contribution < -0.4 is 0 Å². The lowest BCUT2D eigenvalue weighted by atomic mass is 10.2. The number of nitrogens with one attached hydrogen (secondary N) is 1. The molecule has 0 spiro atoms. The van der Waals surface area contributed by atoms with Gasteiger partial charge in [0.1, 0.15) is 17.3 Å². The van der Waals surface area contributed by atoms with Crippen LogP contribution in [0.1, 0.15) is 26.9 Å². The van der Waals surface area contributed by atoms with E-state index in [0.717, 1.165) is 11.0 Å². The third-order valence-corrected chi connectivity index (χ3v) is 4.57. The summed E-state index contributed by atoms with van der Waals surface area (Å²) in [6.07, 6.45) is 8.24. The van der Waals surface area contributed by atoms with Crippen LogP contribution in [0, 0.1) is 5.41 Å². The molecule has 1 aromatic carbocycles. The molecule has 154 valence electrons. The second-order valence-corrected chi connectivity index (χ2v) is 7.88. The maximum absolute atomic E-state index is 12.4. The molecule has 1 fully saturated rings. The standard InChI is InChI=1S/C21H28N6O2/c1-21(2,3)29-20(28)26-15-13-25(14-16-26)19(11-5-4-8-12-22)27-18-10-7-6-9-17(18)23-24-27/h4-12,19,22H,13-16H2,1-3H3. The molecule has 1 aliphatic rings. The van der Waals surface area contributed by atoms with E-state index >= 15 is 0 Å². The van der Waals surface area contributed by atoms with Crippen molar-refractivity contribution in [2.75, 3.05) is 26.2 Å². The number of piperazine rings is 1. The molecule has 1 saturated heterocycles. The van der Waals surface area contributed by atoms with Crippen LogP contribution in [0.3, 0.4) is 0 Å². The molecule has 0 radical (unpaired) electrons. The van der Waals surface area contributed by atoms with E-state index in [9.17, 15) is 4.79 Å². The minimum absolute atomic E-state index is 0.140. The minimum atomic E-state index is -0.500. The fraction of sp³-hybridized carbons (Fsp3) is 0.429. The molecule has 0 aliphatic carbocycles. The van der Waals surface area contributed by atoms with Crippen LogP contribution >= 0.6 is 0 Å². The molecule has 1 N–H and O–H groups in total. The predicted molar refractivity (Wildman–Crippen MR) is 113 cm³/mol. The average molecular weight is 396 g/mol. The van der Waals surface area contributed by atoms with Crippen LogP contribution in [0.4, 0.5) is 4.79 Å². The molecule has 0 saturated carbocycles. The highest BCUT2D eigenvalue weighted by atomic mass is 16.6. The lowest BCUT2D eigenvalue weighted by molar-refractivity contribution is 0.00839. The minimum Gasteiger partial charge on any atom is -0.444 e. The number of fused-ring (bicyclic) bond motifs is 1. The van der Waals surface area contributed by atoms with Crippen molar-refractivity contribution >= 4 is 23.3 Å². The molecular formula is C21H28N6O2. The number of allylic oxidation sites excluding steroid dienone is 3. The van der Waals surface area contributed by atoms with Gasteiger partial charge in [-0.1, -0.05) is 29.5 Å². The molecule has 1 unspecified atom stereocenters. The maximum atomic E-state index is 12.4. The summed E-state index contributed by atoms with van der Waals surface area (Å²) in [5.74, 6) is 0.